The first-order valence-corrected chi connectivity index (χ1v) is 5.90. The molecule has 1 aromatic heterocycles. The third-order valence-electron chi connectivity index (χ3n) is 3.44. The molecule has 0 atom stereocenters. The molecule has 0 aliphatic heterocycles. The van der Waals surface area contributed by atoms with E-state index in [1.807, 2.05) is 7.05 Å². The average molecular weight is 245 g/mol. The number of ether oxygens (including phenoxy) is 1. The first kappa shape index (κ1) is 12.5. The van der Waals surface area contributed by atoms with Crippen molar-refractivity contribution in [3.05, 3.63) is 29.0 Å². The first-order valence-electron chi connectivity index (χ1n) is 5.90. The van der Waals surface area contributed by atoms with Crippen LogP contribution in [-0.2, 0) is 7.05 Å². The number of hydrogen-bond donors (Lipinski definition) is 1. The maximum Gasteiger partial charge on any atom is 0.130 e. The molecule has 0 aliphatic carbocycles. The van der Waals surface area contributed by atoms with E-state index in [1.54, 1.807) is 18.0 Å². The van der Waals surface area contributed by atoms with E-state index in [0.717, 1.165) is 28.0 Å². The van der Waals surface area contributed by atoms with Crippen LogP contribution in [0.1, 0.15) is 16.7 Å². The van der Waals surface area contributed by atoms with Crippen molar-refractivity contribution in [2.24, 2.45) is 7.05 Å². The van der Waals surface area contributed by atoms with Crippen molar-refractivity contribution in [3.63, 3.8) is 0 Å². The van der Waals surface area contributed by atoms with Crippen molar-refractivity contribution in [1.82, 2.24) is 9.78 Å². The summed E-state index contributed by atoms with van der Waals surface area (Å²) in [5.41, 5.74) is 11.5. The number of aryl methyl sites for hydroxylation is 3. The molecule has 4 nitrogen and oxygen atoms in total. The SMILES string of the molecule is COc1c(C)c(C)cc(C)c1-c1cnn(C)c1N. The van der Waals surface area contributed by atoms with Crippen LogP contribution < -0.4 is 10.5 Å². The molecule has 1 aromatic carbocycles. The number of methoxy groups -OCH3 is 1. The third-order valence-corrected chi connectivity index (χ3v) is 3.44. The number of aromatic nitrogens is 2. The second-order valence-electron chi connectivity index (χ2n) is 4.61. The Morgan fingerprint density at radius 3 is 2.39 bits per heavy atom. The summed E-state index contributed by atoms with van der Waals surface area (Å²) in [6.07, 6.45) is 1.79. The largest absolute Gasteiger partial charge is 0.496 e. The fraction of sp³-hybridized carbons (Fsp3) is 0.357. The minimum absolute atomic E-state index is 0.652. The lowest BCUT2D eigenvalue weighted by molar-refractivity contribution is 0.412. The molecule has 0 saturated carbocycles. The van der Waals surface area contributed by atoms with Crippen molar-refractivity contribution < 1.29 is 4.74 Å². The van der Waals surface area contributed by atoms with Crippen molar-refractivity contribution in [1.29, 1.82) is 0 Å². The van der Waals surface area contributed by atoms with E-state index in [-0.39, 0.29) is 0 Å². The highest BCUT2D eigenvalue weighted by molar-refractivity contribution is 5.82. The molecule has 0 unspecified atom stereocenters. The molecular formula is C14H19N3O. The van der Waals surface area contributed by atoms with Gasteiger partial charge >= 0.3 is 0 Å². The van der Waals surface area contributed by atoms with E-state index in [2.05, 4.69) is 31.9 Å². The van der Waals surface area contributed by atoms with Crippen LogP contribution in [0.25, 0.3) is 11.1 Å². The van der Waals surface area contributed by atoms with Crippen molar-refractivity contribution >= 4 is 5.82 Å². The molecule has 4 heteroatoms. The second kappa shape index (κ2) is 4.37. The predicted octanol–water partition coefficient (Wildman–Crippen LogP) is 2.60. The van der Waals surface area contributed by atoms with Crippen LogP contribution in [0.4, 0.5) is 5.82 Å². The number of nitrogen functional groups attached to an aromatic ring is 1. The van der Waals surface area contributed by atoms with E-state index in [9.17, 15) is 0 Å². The molecule has 2 N–H and O–H groups in total. The maximum atomic E-state index is 6.06. The summed E-state index contributed by atoms with van der Waals surface area (Å²) < 4.78 is 7.23. The van der Waals surface area contributed by atoms with Crippen LogP contribution in [0.15, 0.2) is 12.3 Å². The third kappa shape index (κ3) is 1.74. The zero-order valence-corrected chi connectivity index (χ0v) is 11.5. The molecule has 2 aromatic rings. The van der Waals surface area contributed by atoms with Crippen LogP contribution in [0.2, 0.25) is 0 Å². The standard InChI is InChI=1S/C14H19N3O/c1-8-6-9(2)12(13(18-5)10(8)3)11-7-16-17(4)14(11)15/h6-7H,15H2,1-5H3. The minimum atomic E-state index is 0.652. The van der Waals surface area contributed by atoms with E-state index in [0.29, 0.717) is 5.82 Å². The summed E-state index contributed by atoms with van der Waals surface area (Å²) >= 11 is 0. The summed E-state index contributed by atoms with van der Waals surface area (Å²) in [5, 5.41) is 4.20. The molecule has 0 fully saturated rings. The molecule has 0 bridgehead atoms. The zero-order chi connectivity index (χ0) is 13.4. The van der Waals surface area contributed by atoms with Gasteiger partial charge in [0.15, 0.2) is 0 Å². The van der Waals surface area contributed by atoms with Crippen molar-refractivity contribution in [2.45, 2.75) is 20.8 Å². The Morgan fingerprint density at radius 1 is 1.22 bits per heavy atom. The Bertz CT molecular complexity index is 600. The number of benzene rings is 1. The maximum absolute atomic E-state index is 6.06. The fourth-order valence-corrected chi connectivity index (χ4v) is 2.28. The van der Waals surface area contributed by atoms with Crippen LogP contribution in [0.5, 0.6) is 5.75 Å². The van der Waals surface area contributed by atoms with E-state index in [1.165, 1.54) is 5.56 Å². The summed E-state index contributed by atoms with van der Waals surface area (Å²) in [6.45, 7) is 6.21. The Balaban J connectivity index is 2.78. The molecule has 0 amide bonds. The molecular weight excluding hydrogens is 226 g/mol. The van der Waals surface area contributed by atoms with Crippen LogP contribution in [-0.4, -0.2) is 16.9 Å². The fourth-order valence-electron chi connectivity index (χ4n) is 2.28. The monoisotopic (exact) mass is 245 g/mol. The highest BCUT2D eigenvalue weighted by Crippen LogP contribution is 2.39. The van der Waals surface area contributed by atoms with Crippen LogP contribution >= 0.6 is 0 Å². The molecule has 0 aliphatic rings. The van der Waals surface area contributed by atoms with Crippen molar-refractivity contribution in [3.8, 4) is 16.9 Å². The lowest BCUT2D eigenvalue weighted by atomic mass is 9.95. The van der Waals surface area contributed by atoms with Gasteiger partial charge in [-0.05, 0) is 37.5 Å². The highest BCUT2D eigenvalue weighted by atomic mass is 16.5. The van der Waals surface area contributed by atoms with Gasteiger partial charge in [-0.25, -0.2) is 0 Å². The van der Waals surface area contributed by atoms with E-state index >= 15 is 0 Å². The highest BCUT2D eigenvalue weighted by Gasteiger charge is 2.18. The van der Waals surface area contributed by atoms with Crippen LogP contribution in [0.3, 0.4) is 0 Å². The van der Waals surface area contributed by atoms with Gasteiger partial charge in [-0.15, -0.1) is 0 Å². The van der Waals surface area contributed by atoms with Gasteiger partial charge < -0.3 is 10.5 Å². The summed E-state index contributed by atoms with van der Waals surface area (Å²) in [5.74, 6) is 1.53. The van der Waals surface area contributed by atoms with Crippen molar-refractivity contribution in [2.75, 3.05) is 12.8 Å². The summed E-state index contributed by atoms with van der Waals surface area (Å²) in [6, 6.07) is 2.15. The van der Waals surface area contributed by atoms with E-state index < -0.39 is 0 Å². The van der Waals surface area contributed by atoms with Gasteiger partial charge in [0, 0.05) is 18.2 Å². The Labute approximate surface area is 107 Å². The van der Waals surface area contributed by atoms with Gasteiger partial charge in [0.05, 0.1) is 13.3 Å². The lowest BCUT2D eigenvalue weighted by Gasteiger charge is -2.16. The van der Waals surface area contributed by atoms with Gasteiger partial charge in [-0.1, -0.05) is 6.07 Å². The summed E-state index contributed by atoms with van der Waals surface area (Å²) in [7, 11) is 3.53. The normalized spacial score (nSPS) is 10.7. The minimum Gasteiger partial charge on any atom is -0.496 e. The average Bonchev–Trinajstić information content (AvgIpc) is 2.65. The topological polar surface area (TPSA) is 53.1 Å². The number of hydrogen-bond acceptors (Lipinski definition) is 3. The Morgan fingerprint density at radius 2 is 1.89 bits per heavy atom. The molecule has 18 heavy (non-hydrogen) atoms. The number of nitrogens with two attached hydrogens (primary N) is 1. The quantitative estimate of drug-likeness (QED) is 0.884. The number of rotatable bonds is 2. The Hall–Kier alpha value is -1.97. The smallest absolute Gasteiger partial charge is 0.130 e. The molecule has 2 rings (SSSR count). The van der Waals surface area contributed by atoms with Crippen LogP contribution in [0, 0.1) is 20.8 Å². The van der Waals surface area contributed by atoms with Gasteiger partial charge in [-0.3, -0.25) is 4.68 Å². The van der Waals surface area contributed by atoms with Gasteiger partial charge in [0.25, 0.3) is 0 Å². The second-order valence-corrected chi connectivity index (χ2v) is 4.61. The first-order chi connectivity index (χ1) is 8.47. The molecule has 0 radical (unpaired) electrons. The molecule has 1 heterocycles. The number of anilines is 1. The van der Waals surface area contributed by atoms with Gasteiger partial charge in [0.1, 0.15) is 11.6 Å². The zero-order valence-electron chi connectivity index (χ0n) is 11.5. The van der Waals surface area contributed by atoms with Gasteiger partial charge in [-0.2, -0.15) is 5.10 Å². The Kier molecular flexibility index (Phi) is 3.03. The summed E-state index contributed by atoms with van der Waals surface area (Å²) in [4.78, 5) is 0. The number of nitrogens with zero attached hydrogens (tertiary/aromatic N) is 2. The lowest BCUT2D eigenvalue weighted by Crippen LogP contribution is -2.01. The van der Waals surface area contributed by atoms with Gasteiger partial charge in [0.2, 0.25) is 0 Å². The van der Waals surface area contributed by atoms with E-state index in [4.69, 9.17) is 10.5 Å². The predicted molar refractivity (Wildman–Crippen MR) is 73.8 cm³/mol. The molecule has 96 valence electrons. The molecule has 0 saturated heterocycles. The molecule has 0 spiro atoms.